The minimum Gasteiger partial charge on any atom is -0.497 e. The molecule has 0 amide bonds. The lowest BCUT2D eigenvalue weighted by Crippen LogP contribution is -2.27. The molecule has 0 aliphatic rings. The number of rotatable bonds is 4. The van der Waals surface area contributed by atoms with Crippen molar-refractivity contribution in [2.24, 2.45) is 0 Å². The fourth-order valence-electron chi connectivity index (χ4n) is 1.07. The number of hydrogen-bond donors (Lipinski definition) is 2. The summed E-state index contributed by atoms with van der Waals surface area (Å²) in [5.41, 5.74) is 0.985. The number of benzene rings is 1. The first-order valence-corrected chi connectivity index (χ1v) is 4.72. The molecule has 0 heterocycles. The summed E-state index contributed by atoms with van der Waals surface area (Å²) in [4.78, 5) is 0. The largest absolute Gasteiger partial charge is 0.497 e. The minimum atomic E-state index is -0.364. The van der Waals surface area contributed by atoms with Crippen LogP contribution >= 0.6 is 0 Å². The molecule has 0 aliphatic carbocycles. The van der Waals surface area contributed by atoms with Crippen LogP contribution in [0, 0.1) is 0 Å². The molecule has 14 heavy (non-hydrogen) atoms. The predicted molar refractivity (Wildman–Crippen MR) is 57.8 cm³/mol. The molecule has 0 bridgehead atoms. The molecule has 0 fully saturated rings. The average Bonchev–Trinajstić information content (AvgIpc) is 2.19. The summed E-state index contributed by atoms with van der Waals surface area (Å²) < 4.78 is 5.04. The predicted octanol–water partition coefficient (Wildman–Crippen LogP) is 1.88. The summed E-state index contributed by atoms with van der Waals surface area (Å²) in [6.45, 7) is 3.70. The summed E-state index contributed by atoms with van der Waals surface area (Å²) in [5.74, 6) is 0.834. The first kappa shape index (κ1) is 10.9. The van der Waals surface area contributed by atoms with E-state index >= 15 is 0 Å². The van der Waals surface area contributed by atoms with E-state index in [-0.39, 0.29) is 12.1 Å². The van der Waals surface area contributed by atoms with Gasteiger partial charge in [0.2, 0.25) is 0 Å². The van der Waals surface area contributed by atoms with Gasteiger partial charge in [0, 0.05) is 11.7 Å². The molecular weight excluding hydrogens is 178 g/mol. The van der Waals surface area contributed by atoms with E-state index in [0.717, 1.165) is 11.4 Å². The Labute approximate surface area is 84.7 Å². The molecule has 0 saturated heterocycles. The van der Waals surface area contributed by atoms with Crippen LogP contribution in [0.1, 0.15) is 13.8 Å². The molecule has 1 aromatic carbocycles. The first-order chi connectivity index (χ1) is 6.63. The smallest absolute Gasteiger partial charge is 0.119 e. The molecular formula is C11H17NO2. The maximum Gasteiger partial charge on any atom is 0.119 e. The van der Waals surface area contributed by atoms with Crippen LogP contribution in [0.4, 0.5) is 5.69 Å². The van der Waals surface area contributed by atoms with Crippen molar-refractivity contribution in [3.63, 3.8) is 0 Å². The Morgan fingerprint density at radius 3 is 2.21 bits per heavy atom. The van der Waals surface area contributed by atoms with E-state index < -0.39 is 0 Å². The van der Waals surface area contributed by atoms with Gasteiger partial charge < -0.3 is 15.2 Å². The lowest BCUT2D eigenvalue weighted by molar-refractivity contribution is 0.178. The second kappa shape index (κ2) is 4.86. The van der Waals surface area contributed by atoms with Crippen molar-refractivity contribution >= 4 is 5.69 Å². The standard InChI is InChI=1S/C11H17NO2/c1-8(9(2)13)12-10-4-6-11(14-3)7-5-10/h4-9,12-13H,1-3H3/t8-,9-/m0/s1. The zero-order valence-corrected chi connectivity index (χ0v) is 8.82. The number of aliphatic hydroxyl groups excluding tert-OH is 1. The summed E-state index contributed by atoms with van der Waals surface area (Å²) in [6, 6.07) is 7.67. The lowest BCUT2D eigenvalue weighted by Gasteiger charge is -2.17. The van der Waals surface area contributed by atoms with Crippen molar-refractivity contribution in [2.45, 2.75) is 26.0 Å². The molecule has 1 rings (SSSR count). The average molecular weight is 195 g/mol. The Balaban J connectivity index is 2.59. The number of ether oxygens (including phenoxy) is 1. The van der Waals surface area contributed by atoms with Crippen LogP contribution in [0.5, 0.6) is 5.75 Å². The van der Waals surface area contributed by atoms with Crippen molar-refractivity contribution in [1.82, 2.24) is 0 Å². The fraction of sp³-hybridized carbons (Fsp3) is 0.455. The fourth-order valence-corrected chi connectivity index (χ4v) is 1.07. The molecule has 0 aromatic heterocycles. The highest BCUT2D eigenvalue weighted by Gasteiger charge is 2.07. The van der Waals surface area contributed by atoms with E-state index in [1.54, 1.807) is 14.0 Å². The monoisotopic (exact) mass is 195 g/mol. The third kappa shape index (κ3) is 2.92. The third-order valence-electron chi connectivity index (χ3n) is 2.21. The molecule has 3 nitrogen and oxygen atoms in total. The van der Waals surface area contributed by atoms with E-state index in [4.69, 9.17) is 4.74 Å². The Morgan fingerprint density at radius 1 is 1.21 bits per heavy atom. The molecule has 0 spiro atoms. The van der Waals surface area contributed by atoms with Crippen LogP contribution in [0.3, 0.4) is 0 Å². The molecule has 78 valence electrons. The van der Waals surface area contributed by atoms with Crippen LogP contribution in [0.2, 0.25) is 0 Å². The molecule has 0 unspecified atom stereocenters. The van der Waals surface area contributed by atoms with Gasteiger partial charge in [-0.1, -0.05) is 0 Å². The zero-order chi connectivity index (χ0) is 10.6. The zero-order valence-electron chi connectivity index (χ0n) is 8.82. The highest BCUT2D eigenvalue weighted by molar-refractivity contribution is 5.47. The van der Waals surface area contributed by atoms with Gasteiger partial charge in [0.05, 0.1) is 13.2 Å². The maximum absolute atomic E-state index is 9.30. The quantitative estimate of drug-likeness (QED) is 0.770. The van der Waals surface area contributed by atoms with E-state index in [0.29, 0.717) is 0 Å². The number of hydrogen-bond acceptors (Lipinski definition) is 3. The lowest BCUT2D eigenvalue weighted by atomic mass is 10.2. The summed E-state index contributed by atoms with van der Waals surface area (Å²) in [6.07, 6.45) is -0.364. The second-order valence-corrected chi connectivity index (χ2v) is 3.40. The van der Waals surface area contributed by atoms with Crippen LogP contribution in [-0.4, -0.2) is 24.4 Å². The second-order valence-electron chi connectivity index (χ2n) is 3.40. The Morgan fingerprint density at radius 2 is 1.79 bits per heavy atom. The van der Waals surface area contributed by atoms with Gasteiger partial charge in [0.25, 0.3) is 0 Å². The van der Waals surface area contributed by atoms with Gasteiger partial charge in [0.1, 0.15) is 5.75 Å². The Bertz CT molecular complexity index is 269. The number of nitrogens with one attached hydrogen (secondary N) is 1. The summed E-state index contributed by atoms with van der Waals surface area (Å²) >= 11 is 0. The van der Waals surface area contributed by atoms with Gasteiger partial charge in [-0.25, -0.2) is 0 Å². The first-order valence-electron chi connectivity index (χ1n) is 4.72. The Hall–Kier alpha value is -1.22. The van der Waals surface area contributed by atoms with Gasteiger partial charge in [-0.05, 0) is 38.1 Å². The van der Waals surface area contributed by atoms with Gasteiger partial charge in [-0.15, -0.1) is 0 Å². The van der Waals surface area contributed by atoms with Crippen LogP contribution in [-0.2, 0) is 0 Å². The van der Waals surface area contributed by atoms with E-state index in [1.165, 1.54) is 0 Å². The molecule has 1 aromatic rings. The van der Waals surface area contributed by atoms with Gasteiger partial charge in [-0.2, -0.15) is 0 Å². The topological polar surface area (TPSA) is 41.5 Å². The third-order valence-corrected chi connectivity index (χ3v) is 2.21. The van der Waals surface area contributed by atoms with E-state index in [9.17, 15) is 5.11 Å². The number of aliphatic hydroxyl groups is 1. The number of methoxy groups -OCH3 is 1. The van der Waals surface area contributed by atoms with E-state index in [1.807, 2.05) is 31.2 Å². The van der Waals surface area contributed by atoms with Crippen molar-refractivity contribution in [2.75, 3.05) is 12.4 Å². The van der Waals surface area contributed by atoms with E-state index in [2.05, 4.69) is 5.32 Å². The molecule has 2 atom stereocenters. The Kier molecular flexibility index (Phi) is 3.77. The van der Waals surface area contributed by atoms with Crippen LogP contribution in [0.15, 0.2) is 24.3 Å². The van der Waals surface area contributed by atoms with Gasteiger partial charge in [-0.3, -0.25) is 0 Å². The van der Waals surface area contributed by atoms with Crippen LogP contribution in [0.25, 0.3) is 0 Å². The van der Waals surface area contributed by atoms with Gasteiger partial charge in [0.15, 0.2) is 0 Å². The molecule has 2 N–H and O–H groups in total. The normalized spacial score (nSPS) is 14.6. The number of anilines is 1. The maximum atomic E-state index is 9.30. The van der Waals surface area contributed by atoms with Crippen LogP contribution < -0.4 is 10.1 Å². The highest BCUT2D eigenvalue weighted by atomic mass is 16.5. The van der Waals surface area contributed by atoms with Crippen molar-refractivity contribution in [1.29, 1.82) is 0 Å². The minimum absolute atomic E-state index is 0.0448. The van der Waals surface area contributed by atoms with Crippen molar-refractivity contribution in [3.05, 3.63) is 24.3 Å². The molecule has 0 radical (unpaired) electrons. The summed E-state index contributed by atoms with van der Waals surface area (Å²) in [7, 11) is 1.64. The van der Waals surface area contributed by atoms with Gasteiger partial charge >= 0.3 is 0 Å². The highest BCUT2D eigenvalue weighted by Crippen LogP contribution is 2.16. The van der Waals surface area contributed by atoms with Crippen molar-refractivity contribution < 1.29 is 9.84 Å². The van der Waals surface area contributed by atoms with Crippen molar-refractivity contribution in [3.8, 4) is 5.75 Å². The molecule has 0 saturated carbocycles. The molecule has 3 heteroatoms. The molecule has 0 aliphatic heterocycles. The SMILES string of the molecule is COc1ccc(N[C@@H](C)[C@H](C)O)cc1. The summed E-state index contributed by atoms with van der Waals surface area (Å²) in [5, 5.41) is 12.5.